The summed E-state index contributed by atoms with van der Waals surface area (Å²) >= 11 is 0. The topological polar surface area (TPSA) is 12.0 Å². The molecule has 0 amide bonds. The molecular weight excluding hydrogens is 158 g/mol. The van der Waals surface area contributed by atoms with Crippen LogP contribution in [0.4, 0.5) is 0 Å². The molecule has 0 aliphatic heterocycles. The van der Waals surface area contributed by atoms with Gasteiger partial charge in [-0.25, -0.2) is 0 Å². The van der Waals surface area contributed by atoms with Crippen LogP contribution in [0.3, 0.4) is 0 Å². The van der Waals surface area contributed by atoms with E-state index < -0.39 is 0 Å². The highest BCUT2D eigenvalue weighted by atomic mass is 35.5. The minimum Gasteiger partial charge on any atom is -0.303 e. The van der Waals surface area contributed by atoms with Crippen molar-refractivity contribution in [3.8, 4) is 11.8 Å². The first-order valence-electron chi connectivity index (χ1n) is 4.06. The maximum absolute atomic E-state index is 3.41. The lowest BCUT2D eigenvalue weighted by molar-refractivity contribution is 0.561. The predicted molar refractivity (Wildman–Crippen MR) is 51.0 cm³/mol. The van der Waals surface area contributed by atoms with Crippen LogP contribution in [0.5, 0.6) is 0 Å². The standard InChI is InChI=1S/C9H15N.ClH/c1-2-3-8-10-9-6-4-5-7-9;/h9-10H,4-8H2,1H3;1H. The molecule has 1 fully saturated rings. The molecule has 0 aromatic carbocycles. The van der Waals surface area contributed by atoms with E-state index in [0.29, 0.717) is 0 Å². The fourth-order valence-corrected chi connectivity index (χ4v) is 1.41. The van der Waals surface area contributed by atoms with E-state index in [-0.39, 0.29) is 12.4 Å². The Labute approximate surface area is 75.4 Å². The van der Waals surface area contributed by atoms with E-state index in [2.05, 4.69) is 17.2 Å². The minimum absolute atomic E-state index is 0. The fourth-order valence-electron chi connectivity index (χ4n) is 1.41. The van der Waals surface area contributed by atoms with Gasteiger partial charge in [-0.2, -0.15) is 0 Å². The monoisotopic (exact) mass is 173 g/mol. The summed E-state index contributed by atoms with van der Waals surface area (Å²) < 4.78 is 0. The van der Waals surface area contributed by atoms with Crippen LogP contribution in [0.15, 0.2) is 0 Å². The molecule has 0 unspecified atom stereocenters. The van der Waals surface area contributed by atoms with Crippen LogP contribution in [0.2, 0.25) is 0 Å². The van der Waals surface area contributed by atoms with Crippen LogP contribution < -0.4 is 5.32 Å². The molecule has 1 saturated carbocycles. The van der Waals surface area contributed by atoms with Crippen LogP contribution in [0, 0.1) is 11.8 Å². The molecule has 11 heavy (non-hydrogen) atoms. The van der Waals surface area contributed by atoms with E-state index in [9.17, 15) is 0 Å². The second-order valence-electron chi connectivity index (χ2n) is 2.79. The van der Waals surface area contributed by atoms with E-state index in [0.717, 1.165) is 12.6 Å². The molecule has 0 saturated heterocycles. The molecule has 0 atom stereocenters. The Morgan fingerprint density at radius 3 is 2.55 bits per heavy atom. The Kier molecular flexibility index (Phi) is 6.40. The molecule has 1 nitrogen and oxygen atoms in total. The smallest absolute Gasteiger partial charge is 0.0578 e. The zero-order valence-corrected chi connectivity index (χ0v) is 7.84. The first-order valence-corrected chi connectivity index (χ1v) is 4.06. The molecule has 1 N–H and O–H groups in total. The number of hydrogen-bond acceptors (Lipinski definition) is 1. The van der Waals surface area contributed by atoms with Gasteiger partial charge in [-0.3, -0.25) is 0 Å². The number of rotatable bonds is 2. The van der Waals surface area contributed by atoms with Crippen molar-refractivity contribution in [1.29, 1.82) is 0 Å². The third-order valence-corrected chi connectivity index (χ3v) is 2.01. The van der Waals surface area contributed by atoms with Gasteiger partial charge in [-0.05, 0) is 19.8 Å². The van der Waals surface area contributed by atoms with Crippen molar-refractivity contribution in [2.75, 3.05) is 6.54 Å². The Hall–Kier alpha value is -0.190. The normalized spacial score (nSPS) is 16.8. The average molecular weight is 174 g/mol. The van der Waals surface area contributed by atoms with Crippen molar-refractivity contribution in [2.24, 2.45) is 0 Å². The zero-order chi connectivity index (χ0) is 7.23. The Bertz CT molecular complexity index is 139. The van der Waals surface area contributed by atoms with Gasteiger partial charge in [-0.15, -0.1) is 18.3 Å². The van der Waals surface area contributed by atoms with Gasteiger partial charge in [0.1, 0.15) is 0 Å². The fraction of sp³-hybridized carbons (Fsp3) is 0.778. The summed E-state index contributed by atoms with van der Waals surface area (Å²) in [5.74, 6) is 5.89. The van der Waals surface area contributed by atoms with Crippen molar-refractivity contribution in [3.63, 3.8) is 0 Å². The molecule has 0 bridgehead atoms. The van der Waals surface area contributed by atoms with E-state index >= 15 is 0 Å². The van der Waals surface area contributed by atoms with Crippen LogP contribution in [-0.4, -0.2) is 12.6 Å². The summed E-state index contributed by atoms with van der Waals surface area (Å²) in [6.07, 6.45) is 5.51. The SMILES string of the molecule is CC#CCNC1CCCC1.Cl. The third-order valence-electron chi connectivity index (χ3n) is 2.01. The number of nitrogens with one attached hydrogen (secondary N) is 1. The highest BCUT2D eigenvalue weighted by Gasteiger charge is 2.12. The predicted octanol–water partition coefficient (Wildman–Crippen LogP) is 1.96. The number of halogens is 1. The Morgan fingerprint density at radius 1 is 1.36 bits per heavy atom. The van der Waals surface area contributed by atoms with Crippen molar-refractivity contribution < 1.29 is 0 Å². The van der Waals surface area contributed by atoms with Gasteiger partial charge >= 0.3 is 0 Å². The van der Waals surface area contributed by atoms with E-state index in [1.165, 1.54) is 25.7 Å². The maximum atomic E-state index is 3.41. The van der Waals surface area contributed by atoms with Crippen LogP contribution >= 0.6 is 12.4 Å². The van der Waals surface area contributed by atoms with Crippen molar-refractivity contribution in [2.45, 2.75) is 38.6 Å². The second kappa shape index (κ2) is 6.52. The summed E-state index contributed by atoms with van der Waals surface area (Å²) in [6.45, 7) is 2.76. The van der Waals surface area contributed by atoms with Gasteiger partial charge in [0.15, 0.2) is 0 Å². The molecule has 0 spiro atoms. The molecule has 2 heteroatoms. The van der Waals surface area contributed by atoms with E-state index in [1.807, 2.05) is 6.92 Å². The van der Waals surface area contributed by atoms with Gasteiger partial charge in [0, 0.05) is 6.04 Å². The van der Waals surface area contributed by atoms with Crippen molar-refractivity contribution in [1.82, 2.24) is 5.32 Å². The molecule has 0 radical (unpaired) electrons. The van der Waals surface area contributed by atoms with Gasteiger partial charge in [0.2, 0.25) is 0 Å². The first-order chi connectivity index (χ1) is 4.93. The van der Waals surface area contributed by atoms with E-state index in [4.69, 9.17) is 0 Å². The maximum Gasteiger partial charge on any atom is 0.0578 e. The minimum atomic E-state index is 0. The molecule has 0 aromatic heterocycles. The lowest BCUT2D eigenvalue weighted by atomic mass is 10.2. The Balaban J connectivity index is 0.000001000. The molecule has 0 heterocycles. The molecule has 1 aliphatic carbocycles. The van der Waals surface area contributed by atoms with Gasteiger partial charge in [-0.1, -0.05) is 18.8 Å². The van der Waals surface area contributed by atoms with Crippen molar-refractivity contribution >= 4 is 12.4 Å². The highest BCUT2D eigenvalue weighted by molar-refractivity contribution is 5.85. The third kappa shape index (κ3) is 4.29. The first kappa shape index (κ1) is 10.8. The molecule has 0 aromatic rings. The van der Waals surface area contributed by atoms with Gasteiger partial charge in [0.25, 0.3) is 0 Å². The van der Waals surface area contributed by atoms with Crippen LogP contribution in [0.1, 0.15) is 32.6 Å². The zero-order valence-electron chi connectivity index (χ0n) is 7.02. The van der Waals surface area contributed by atoms with Crippen molar-refractivity contribution in [3.05, 3.63) is 0 Å². The highest BCUT2D eigenvalue weighted by Crippen LogP contribution is 2.16. The summed E-state index contributed by atoms with van der Waals surface area (Å²) in [4.78, 5) is 0. The Morgan fingerprint density at radius 2 is 2.00 bits per heavy atom. The van der Waals surface area contributed by atoms with Gasteiger partial charge < -0.3 is 5.32 Å². The molecule has 1 aliphatic rings. The average Bonchev–Trinajstić information content (AvgIpc) is 2.41. The summed E-state index contributed by atoms with van der Waals surface area (Å²) in [6, 6.07) is 0.765. The number of hydrogen-bond donors (Lipinski definition) is 1. The lowest BCUT2D eigenvalue weighted by Gasteiger charge is -2.06. The summed E-state index contributed by atoms with van der Waals surface area (Å²) in [5.41, 5.74) is 0. The lowest BCUT2D eigenvalue weighted by Crippen LogP contribution is -2.25. The molecule has 64 valence electrons. The van der Waals surface area contributed by atoms with Gasteiger partial charge in [0.05, 0.1) is 6.54 Å². The van der Waals surface area contributed by atoms with Crippen LogP contribution in [0.25, 0.3) is 0 Å². The molecular formula is C9H16ClN. The van der Waals surface area contributed by atoms with Crippen LogP contribution in [-0.2, 0) is 0 Å². The van der Waals surface area contributed by atoms with E-state index in [1.54, 1.807) is 0 Å². The quantitative estimate of drug-likeness (QED) is 0.630. The summed E-state index contributed by atoms with van der Waals surface area (Å²) in [7, 11) is 0. The second-order valence-corrected chi connectivity index (χ2v) is 2.79. The summed E-state index contributed by atoms with van der Waals surface area (Å²) in [5, 5.41) is 3.41. The largest absolute Gasteiger partial charge is 0.303 e. The molecule has 1 rings (SSSR count).